The normalized spacial score (nSPS) is 11.1. The van der Waals surface area contributed by atoms with Gasteiger partial charge in [0.05, 0.1) is 27.7 Å². The number of fused-ring (bicyclic) bond motifs is 1. The largest absolute Gasteiger partial charge is 0.313 e. The first-order chi connectivity index (χ1) is 14.6. The summed E-state index contributed by atoms with van der Waals surface area (Å²) in [5.41, 5.74) is 4.80. The highest BCUT2D eigenvalue weighted by atomic mass is 16.6. The standard InChI is InChI=1S/C21H16N6O3/c28-20(25-23-13-15-7-1-3-10-18(15)27(29)30)14-26-19-11-4-2-8-16(19)24-21(26)17-9-5-6-12-22-17/h1-13H,14H2,(H,25,28). The first-order valence-electron chi connectivity index (χ1n) is 9.05. The van der Waals surface area contributed by atoms with Gasteiger partial charge in [0.15, 0.2) is 5.82 Å². The molecule has 4 aromatic rings. The van der Waals surface area contributed by atoms with Crippen molar-refractivity contribution in [3.63, 3.8) is 0 Å². The van der Waals surface area contributed by atoms with E-state index in [2.05, 4.69) is 20.5 Å². The number of hydrogen-bond donors (Lipinski definition) is 1. The molecule has 1 N–H and O–H groups in total. The number of aromatic nitrogens is 3. The van der Waals surface area contributed by atoms with Crippen molar-refractivity contribution >= 4 is 28.8 Å². The summed E-state index contributed by atoms with van der Waals surface area (Å²) in [7, 11) is 0. The second-order valence-electron chi connectivity index (χ2n) is 6.33. The van der Waals surface area contributed by atoms with E-state index in [-0.39, 0.29) is 12.2 Å². The van der Waals surface area contributed by atoms with Gasteiger partial charge in [0.2, 0.25) is 0 Å². The van der Waals surface area contributed by atoms with Crippen LogP contribution >= 0.6 is 0 Å². The van der Waals surface area contributed by atoms with E-state index in [1.165, 1.54) is 12.3 Å². The molecule has 0 aliphatic heterocycles. The minimum atomic E-state index is -0.500. The monoisotopic (exact) mass is 400 g/mol. The number of nitro benzene ring substituents is 1. The Kier molecular flexibility index (Phi) is 5.25. The van der Waals surface area contributed by atoms with Gasteiger partial charge in [0.25, 0.3) is 11.6 Å². The molecule has 0 fully saturated rings. The average Bonchev–Trinajstić information content (AvgIpc) is 3.13. The van der Waals surface area contributed by atoms with E-state index in [0.29, 0.717) is 17.1 Å². The molecule has 2 heterocycles. The second-order valence-corrected chi connectivity index (χ2v) is 6.33. The number of carbonyl (C=O) groups is 1. The van der Waals surface area contributed by atoms with Crippen LogP contribution in [-0.4, -0.2) is 31.6 Å². The number of para-hydroxylation sites is 3. The van der Waals surface area contributed by atoms with Crippen molar-refractivity contribution in [3.05, 3.63) is 88.6 Å². The van der Waals surface area contributed by atoms with E-state index in [9.17, 15) is 14.9 Å². The molecular weight excluding hydrogens is 384 g/mol. The Bertz CT molecular complexity index is 1250. The molecule has 30 heavy (non-hydrogen) atoms. The molecule has 0 saturated heterocycles. The zero-order valence-corrected chi connectivity index (χ0v) is 15.7. The van der Waals surface area contributed by atoms with Gasteiger partial charge >= 0.3 is 0 Å². The molecule has 9 nitrogen and oxygen atoms in total. The number of hydrogen-bond acceptors (Lipinski definition) is 6. The number of nitrogens with zero attached hydrogens (tertiary/aromatic N) is 5. The molecular formula is C21H16N6O3. The maximum Gasteiger partial charge on any atom is 0.278 e. The third-order valence-electron chi connectivity index (χ3n) is 4.38. The van der Waals surface area contributed by atoms with Gasteiger partial charge < -0.3 is 4.57 Å². The van der Waals surface area contributed by atoms with Crippen LogP contribution in [0.4, 0.5) is 5.69 Å². The van der Waals surface area contributed by atoms with E-state index in [1.54, 1.807) is 35.0 Å². The lowest BCUT2D eigenvalue weighted by atomic mass is 10.2. The molecule has 2 aromatic heterocycles. The quantitative estimate of drug-likeness (QED) is 0.303. The van der Waals surface area contributed by atoms with Crippen LogP contribution in [0.5, 0.6) is 0 Å². The lowest BCUT2D eigenvalue weighted by molar-refractivity contribution is -0.385. The van der Waals surface area contributed by atoms with E-state index in [4.69, 9.17) is 0 Å². The first kappa shape index (κ1) is 18.9. The molecule has 0 radical (unpaired) electrons. The SMILES string of the molecule is O=C(Cn1c(-c2ccccn2)nc2ccccc21)NN=Cc1ccccc1[N+](=O)[O-]. The van der Waals surface area contributed by atoms with Crippen LogP contribution in [0.2, 0.25) is 0 Å². The Morgan fingerprint density at radius 2 is 1.87 bits per heavy atom. The molecule has 148 valence electrons. The maximum absolute atomic E-state index is 12.5. The summed E-state index contributed by atoms with van der Waals surface area (Å²) >= 11 is 0. The molecule has 9 heteroatoms. The summed E-state index contributed by atoms with van der Waals surface area (Å²) in [5, 5.41) is 14.9. The van der Waals surface area contributed by atoms with Crippen LogP contribution in [0.1, 0.15) is 5.56 Å². The molecule has 0 unspecified atom stereocenters. The number of nitro groups is 1. The predicted molar refractivity (Wildman–Crippen MR) is 112 cm³/mol. The number of pyridine rings is 1. The van der Waals surface area contributed by atoms with Crippen LogP contribution in [0.15, 0.2) is 78.0 Å². The average molecular weight is 400 g/mol. The molecule has 2 aromatic carbocycles. The molecule has 0 bridgehead atoms. The lowest BCUT2D eigenvalue weighted by Gasteiger charge is -2.07. The minimum absolute atomic E-state index is 0.0410. The minimum Gasteiger partial charge on any atom is -0.313 e. The molecule has 0 aliphatic rings. The zero-order chi connectivity index (χ0) is 20.9. The van der Waals surface area contributed by atoms with Gasteiger partial charge in [-0.25, -0.2) is 10.4 Å². The summed E-state index contributed by atoms with van der Waals surface area (Å²) in [6, 6.07) is 19.1. The van der Waals surface area contributed by atoms with E-state index >= 15 is 0 Å². The number of imidazole rings is 1. The van der Waals surface area contributed by atoms with Crippen molar-refractivity contribution < 1.29 is 9.72 Å². The Labute approximate surface area is 170 Å². The third-order valence-corrected chi connectivity index (χ3v) is 4.38. The molecule has 1 amide bonds. The molecule has 0 atom stereocenters. The highest BCUT2D eigenvalue weighted by molar-refractivity contribution is 5.87. The Morgan fingerprint density at radius 3 is 2.67 bits per heavy atom. The van der Waals surface area contributed by atoms with Crippen molar-refractivity contribution in [3.8, 4) is 11.5 Å². The van der Waals surface area contributed by atoms with Crippen LogP contribution in [0.25, 0.3) is 22.6 Å². The van der Waals surface area contributed by atoms with Crippen molar-refractivity contribution in [1.82, 2.24) is 20.0 Å². The number of carbonyl (C=O) groups excluding carboxylic acids is 1. The number of hydrazone groups is 1. The van der Waals surface area contributed by atoms with Gasteiger partial charge in [0, 0.05) is 12.3 Å². The molecule has 0 aliphatic carbocycles. The topological polar surface area (TPSA) is 115 Å². The zero-order valence-electron chi connectivity index (χ0n) is 15.7. The highest BCUT2D eigenvalue weighted by Crippen LogP contribution is 2.23. The van der Waals surface area contributed by atoms with Gasteiger partial charge in [-0.05, 0) is 30.3 Å². The summed E-state index contributed by atoms with van der Waals surface area (Å²) in [6.45, 7) is -0.0410. The van der Waals surface area contributed by atoms with Gasteiger partial charge in [-0.1, -0.05) is 30.3 Å². The molecule has 4 rings (SSSR count). The predicted octanol–water partition coefficient (Wildman–Crippen LogP) is 3.16. The van der Waals surface area contributed by atoms with Crippen molar-refractivity contribution in [2.75, 3.05) is 0 Å². The summed E-state index contributed by atoms with van der Waals surface area (Å²) in [4.78, 5) is 32.0. The number of benzene rings is 2. The van der Waals surface area contributed by atoms with Crippen LogP contribution in [0, 0.1) is 10.1 Å². The summed E-state index contributed by atoms with van der Waals surface area (Å²) < 4.78 is 1.76. The Balaban J connectivity index is 1.57. The van der Waals surface area contributed by atoms with Crippen LogP contribution in [-0.2, 0) is 11.3 Å². The number of rotatable bonds is 6. The molecule has 0 spiro atoms. The van der Waals surface area contributed by atoms with E-state index in [1.807, 2.05) is 36.4 Å². The highest BCUT2D eigenvalue weighted by Gasteiger charge is 2.16. The van der Waals surface area contributed by atoms with Crippen molar-refractivity contribution in [2.24, 2.45) is 5.10 Å². The summed E-state index contributed by atoms with van der Waals surface area (Å²) in [5.74, 6) is 0.166. The van der Waals surface area contributed by atoms with Crippen molar-refractivity contribution in [1.29, 1.82) is 0 Å². The van der Waals surface area contributed by atoms with Crippen LogP contribution in [0.3, 0.4) is 0 Å². The molecule has 0 saturated carbocycles. The maximum atomic E-state index is 12.5. The van der Waals surface area contributed by atoms with Crippen molar-refractivity contribution in [2.45, 2.75) is 6.54 Å². The van der Waals surface area contributed by atoms with Gasteiger partial charge in [0.1, 0.15) is 12.2 Å². The number of amides is 1. The lowest BCUT2D eigenvalue weighted by Crippen LogP contribution is -2.23. The van der Waals surface area contributed by atoms with Gasteiger partial charge in [-0.2, -0.15) is 5.10 Å². The first-order valence-corrected chi connectivity index (χ1v) is 9.05. The van der Waals surface area contributed by atoms with Gasteiger partial charge in [-0.3, -0.25) is 19.9 Å². The number of nitrogens with one attached hydrogen (secondary N) is 1. The third kappa shape index (κ3) is 3.90. The fraction of sp³-hybridized carbons (Fsp3) is 0.0476. The Morgan fingerprint density at radius 1 is 1.10 bits per heavy atom. The second kappa shape index (κ2) is 8.31. The summed E-state index contributed by atoms with van der Waals surface area (Å²) in [6.07, 6.45) is 2.91. The fourth-order valence-electron chi connectivity index (χ4n) is 3.04. The van der Waals surface area contributed by atoms with E-state index in [0.717, 1.165) is 11.0 Å². The Hall–Kier alpha value is -4.40. The van der Waals surface area contributed by atoms with Gasteiger partial charge in [-0.15, -0.1) is 0 Å². The smallest absolute Gasteiger partial charge is 0.278 e. The van der Waals surface area contributed by atoms with E-state index < -0.39 is 10.8 Å². The van der Waals surface area contributed by atoms with Crippen LogP contribution < -0.4 is 5.43 Å². The fourth-order valence-corrected chi connectivity index (χ4v) is 3.04.